The highest BCUT2D eigenvalue weighted by Gasteiger charge is 2.14. The van der Waals surface area contributed by atoms with Gasteiger partial charge in [-0.2, -0.15) is 0 Å². The van der Waals surface area contributed by atoms with E-state index in [9.17, 15) is 0 Å². The minimum Gasteiger partial charge on any atom is -0.309 e. The summed E-state index contributed by atoms with van der Waals surface area (Å²) < 4.78 is 2.30. The molecule has 27 heavy (non-hydrogen) atoms. The van der Waals surface area contributed by atoms with Crippen molar-refractivity contribution in [3.8, 4) is 16.8 Å². The number of allylic oxidation sites excluding steroid dienone is 1. The van der Waals surface area contributed by atoms with Crippen molar-refractivity contribution in [3.05, 3.63) is 102 Å². The molecule has 0 spiro atoms. The van der Waals surface area contributed by atoms with E-state index in [1.165, 1.54) is 33.2 Å². The first-order valence-corrected chi connectivity index (χ1v) is 9.29. The van der Waals surface area contributed by atoms with E-state index in [-0.39, 0.29) is 0 Å². The average molecular weight is 349 g/mol. The van der Waals surface area contributed by atoms with E-state index in [1.54, 1.807) is 0 Å². The number of nitrogens with zero attached hydrogens (tertiary/aromatic N) is 1. The molecule has 3 aromatic carbocycles. The van der Waals surface area contributed by atoms with Gasteiger partial charge in [0.05, 0.1) is 11.2 Å². The fourth-order valence-corrected chi connectivity index (χ4v) is 3.76. The Morgan fingerprint density at radius 1 is 0.852 bits per heavy atom. The number of fused-ring (bicyclic) bond motifs is 1. The van der Waals surface area contributed by atoms with Crippen molar-refractivity contribution in [3.63, 3.8) is 0 Å². The molecule has 0 atom stereocenters. The summed E-state index contributed by atoms with van der Waals surface area (Å²) in [4.78, 5) is 0. The lowest BCUT2D eigenvalue weighted by atomic mass is 10.0. The van der Waals surface area contributed by atoms with E-state index in [0.29, 0.717) is 0 Å². The van der Waals surface area contributed by atoms with Crippen LogP contribution in [0.1, 0.15) is 23.7 Å². The predicted octanol–water partition coefficient (Wildman–Crippen LogP) is 7.28. The SMILES string of the molecule is C=Cc1c(/C=C\C)c2ccccc2n1-c1cccc(-c2cccc(C)c2)c1. The fraction of sp³-hybridized carbons (Fsp3) is 0.0769. The summed E-state index contributed by atoms with van der Waals surface area (Å²) >= 11 is 0. The van der Waals surface area contributed by atoms with E-state index in [2.05, 4.69) is 110 Å². The summed E-state index contributed by atoms with van der Waals surface area (Å²) in [6, 6.07) is 25.9. The zero-order valence-corrected chi connectivity index (χ0v) is 15.8. The topological polar surface area (TPSA) is 4.93 Å². The Kier molecular flexibility index (Phi) is 4.52. The molecular formula is C26H23N. The smallest absolute Gasteiger partial charge is 0.0541 e. The van der Waals surface area contributed by atoms with Crippen LogP contribution in [0.3, 0.4) is 0 Å². The molecular weight excluding hydrogens is 326 g/mol. The monoisotopic (exact) mass is 349 g/mol. The molecule has 0 amide bonds. The Hall–Kier alpha value is -3.32. The van der Waals surface area contributed by atoms with E-state index < -0.39 is 0 Å². The summed E-state index contributed by atoms with van der Waals surface area (Å²) in [5, 5.41) is 1.24. The second kappa shape index (κ2) is 7.13. The summed E-state index contributed by atoms with van der Waals surface area (Å²) in [6.07, 6.45) is 6.21. The molecule has 4 aromatic rings. The number of aryl methyl sites for hydroxylation is 1. The molecule has 1 aromatic heterocycles. The highest BCUT2D eigenvalue weighted by molar-refractivity contribution is 5.95. The van der Waals surface area contributed by atoms with Gasteiger partial charge in [-0.1, -0.05) is 78.9 Å². The van der Waals surface area contributed by atoms with Crippen molar-refractivity contribution in [2.45, 2.75) is 13.8 Å². The van der Waals surface area contributed by atoms with Gasteiger partial charge in [-0.3, -0.25) is 0 Å². The molecule has 0 bridgehead atoms. The quantitative estimate of drug-likeness (QED) is 0.365. The zero-order chi connectivity index (χ0) is 18.8. The molecule has 132 valence electrons. The van der Waals surface area contributed by atoms with Crippen LogP contribution in [0, 0.1) is 6.92 Å². The van der Waals surface area contributed by atoms with Crippen LogP contribution in [0.4, 0.5) is 0 Å². The molecule has 0 N–H and O–H groups in total. The zero-order valence-electron chi connectivity index (χ0n) is 15.8. The number of aromatic nitrogens is 1. The Morgan fingerprint density at radius 2 is 1.59 bits per heavy atom. The lowest BCUT2D eigenvalue weighted by molar-refractivity contribution is 1.11. The van der Waals surface area contributed by atoms with Crippen molar-refractivity contribution in [2.75, 3.05) is 0 Å². The maximum Gasteiger partial charge on any atom is 0.0541 e. The van der Waals surface area contributed by atoms with Gasteiger partial charge in [0.25, 0.3) is 0 Å². The number of para-hydroxylation sites is 1. The summed E-state index contributed by atoms with van der Waals surface area (Å²) in [5.41, 5.74) is 8.41. The maximum atomic E-state index is 4.09. The largest absolute Gasteiger partial charge is 0.309 e. The summed E-state index contributed by atoms with van der Waals surface area (Å²) in [5.74, 6) is 0. The third kappa shape index (κ3) is 3.02. The molecule has 4 rings (SSSR count). The molecule has 0 radical (unpaired) electrons. The first kappa shape index (κ1) is 17.1. The molecule has 0 aliphatic heterocycles. The first-order chi connectivity index (χ1) is 13.2. The molecule has 1 nitrogen and oxygen atoms in total. The van der Waals surface area contributed by atoms with E-state index in [0.717, 1.165) is 11.4 Å². The van der Waals surface area contributed by atoms with Crippen LogP contribution in [0.25, 0.3) is 39.9 Å². The molecule has 1 heteroatoms. The van der Waals surface area contributed by atoms with Crippen molar-refractivity contribution in [1.82, 2.24) is 4.57 Å². The van der Waals surface area contributed by atoms with E-state index in [4.69, 9.17) is 0 Å². The third-order valence-corrected chi connectivity index (χ3v) is 4.93. The van der Waals surface area contributed by atoms with Crippen LogP contribution >= 0.6 is 0 Å². The van der Waals surface area contributed by atoms with Crippen molar-refractivity contribution >= 4 is 23.1 Å². The molecule has 1 heterocycles. The van der Waals surface area contributed by atoms with E-state index >= 15 is 0 Å². The minimum absolute atomic E-state index is 1.12. The fourth-order valence-electron chi connectivity index (χ4n) is 3.76. The maximum absolute atomic E-state index is 4.09. The van der Waals surface area contributed by atoms with Crippen LogP contribution in [0.15, 0.2) is 85.5 Å². The van der Waals surface area contributed by atoms with Gasteiger partial charge in [0.2, 0.25) is 0 Å². The van der Waals surface area contributed by atoms with Crippen molar-refractivity contribution in [2.24, 2.45) is 0 Å². The highest BCUT2D eigenvalue weighted by atomic mass is 15.0. The van der Waals surface area contributed by atoms with Crippen molar-refractivity contribution in [1.29, 1.82) is 0 Å². The normalized spacial score (nSPS) is 11.3. The van der Waals surface area contributed by atoms with Gasteiger partial charge in [-0.05, 0) is 49.2 Å². The Balaban J connectivity index is 1.98. The second-order valence-electron chi connectivity index (χ2n) is 6.78. The molecule has 0 fully saturated rings. The predicted molar refractivity (Wildman–Crippen MR) is 118 cm³/mol. The van der Waals surface area contributed by atoms with Crippen LogP contribution < -0.4 is 0 Å². The van der Waals surface area contributed by atoms with Crippen LogP contribution in [0.2, 0.25) is 0 Å². The Bertz CT molecular complexity index is 1160. The molecule has 0 saturated carbocycles. The number of rotatable bonds is 4. The number of hydrogen-bond donors (Lipinski definition) is 0. The minimum atomic E-state index is 1.12. The summed E-state index contributed by atoms with van der Waals surface area (Å²) in [7, 11) is 0. The first-order valence-electron chi connectivity index (χ1n) is 9.29. The van der Waals surface area contributed by atoms with Crippen LogP contribution in [-0.2, 0) is 0 Å². The second-order valence-corrected chi connectivity index (χ2v) is 6.78. The lowest BCUT2D eigenvalue weighted by Gasteiger charge is -2.11. The van der Waals surface area contributed by atoms with E-state index in [1.807, 2.05) is 6.08 Å². The van der Waals surface area contributed by atoms with Gasteiger partial charge >= 0.3 is 0 Å². The third-order valence-electron chi connectivity index (χ3n) is 4.93. The van der Waals surface area contributed by atoms with Gasteiger partial charge in [0.15, 0.2) is 0 Å². The number of hydrogen-bond acceptors (Lipinski definition) is 0. The van der Waals surface area contributed by atoms with Gasteiger partial charge in [0.1, 0.15) is 0 Å². The lowest BCUT2D eigenvalue weighted by Crippen LogP contribution is -1.97. The highest BCUT2D eigenvalue weighted by Crippen LogP contribution is 2.33. The molecule has 0 aliphatic rings. The Labute approximate surface area is 160 Å². The summed E-state index contributed by atoms with van der Waals surface area (Å²) in [6.45, 7) is 8.28. The van der Waals surface area contributed by atoms with Crippen molar-refractivity contribution < 1.29 is 0 Å². The standard InChI is InChI=1S/C26H23N/c1-4-10-23-24-15-6-7-16-26(24)27(25(23)5-2)22-14-9-13-21(18-22)20-12-8-11-19(3)17-20/h4-18H,2H2,1,3H3/b10-4-. The van der Waals surface area contributed by atoms with Gasteiger partial charge in [-0.15, -0.1) is 0 Å². The van der Waals surface area contributed by atoms with Gasteiger partial charge < -0.3 is 4.57 Å². The van der Waals surface area contributed by atoms with Crippen LogP contribution in [0.5, 0.6) is 0 Å². The van der Waals surface area contributed by atoms with Gasteiger partial charge in [0, 0.05) is 16.6 Å². The Morgan fingerprint density at radius 3 is 2.33 bits per heavy atom. The molecule has 0 unspecified atom stereocenters. The van der Waals surface area contributed by atoms with Gasteiger partial charge in [-0.25, -0.2) is 0 Å². The molecule has 0 saturated heterocycles. The average Bonchev–Trinajstić information content (AvgIpc) is 3.02. The van der Waals surface area contributed by atoms with Crippen LogP contribution in [-0.4, -0.2) is 4.57 Å². The number of benzene rings is 3. The molecule has 0 aliphatic carbocycles.